The number of amides is 2. The number of benzene rings is 3. The predicted octanol–water partition coefficient (Wildman–Crippen LogP) is 3.58. The van der Waals surface area contributed by atoms with E-state index in [2.05, 4.69) is 10.3 Å². The summed E-state index contributed by atoms with van der Waals surface area (Å²) in [6.07, 6.45) is 0.0383. The molecule has 0 saturated carbocycles. The lowest BCUT2D eigenvalue weighted by atomic mass is 10.1. The summed E-state index contributed by atoms with van der Waals surface area (Å²) in [6, 6.07) is 17.4. The van der Waals surface area contributed by atoms with E-state index < -0.39 is 17.8 Å². The maximum absolute atomic E-state index is 13.1. The summed E-state index contributed by atoms with van der Waals surface area (Å²) in [5.74, 6) is -0.852. The fourth-order valence-electron chi connectivity index (χ4n) is 3.32. The molecule has 34 heavy (non-hydrogen) atoms. The average molecular weight is 460 g/mol. The minimum Gasteiger partial charge on any atom is -0.496 e. The van der Waals surface area contributed by atoms with Crippen LogP contribution in [0.3, 0.4) is 0 Å². The fourth-order valence-corrected chi connectivity index (χ4v) is 3.32. The summed E-state index contributed by atoms with van der Waals surface area (Å²) >= 11 is 0. The predicted molar refractivity (Wildman–Crippen MR) is 123 cm³/mol. The Morgan fingerprint density at radius 2 is 1.74 bits per heavy atom. The Morgan fingerprint density at radius 1 is 1.00 bits per heavy atom. The Bertz CT molecular complexity index is 1280. The van der Waals surface area contributed by atoms with Crippen LogP contribution in [0.15, 0.2) is 71.7 Å². The Hall–Kier alpha value is -4.66. The molecule has 1 aliphatic rings. The first-order valence-corrected chi connectivity index (χ1v) is 10.2. The van der Waals surface area contributed by atoms with Crippen LogP contribution in [-0.2, 0) is 11.2 Å². The number of fused-ring (bicyclic) bond motifs is 1. The molecule has 3 aromatic carbocycles. The van der Waals surface area contributed by atoms with Gasteiger partial charge in [0.05, 0.1) is 18.2 Å². The largest absolute Gasteiger partial charge is 0.496 e. The molecule has 0 atom stereocenters. The lowest BCUT2D eigenvalue weighted by Crippen LogP contribution is -2.26. The van der Waals surface area contributed by atoms with Gasteiger partial charge in [-0.3, -0.25) is 9.59 Å². The van der Waals surface area contributed by atoms with E-state index >= 15 is 0 Å². The molecule has 0 aromatic heterocycles. The first-order valence-electron chi connectivity index (χ1n) is 10.2. The summed E-state index contributed by atoms with van der Waals surface area (Å²) in [6.45, 7) is 0.110. The van der Waals surface area contributed by atoms with E-state index in [4.69, 9.17) is 19.3 Å². The molecule has 2 amide bonds. The highest BCUT2D eigenvalue weighted by atomic mass is 16.7. The van der Waals surface area contributed by atoms with Crippen molar-refractivity contribution >= 4 is 29.2 Å². The summed E-state index contributed by atoms with van der Waals surface area (Å²) < 4.78 is 15.9. The molecule has 0 radical (unpaired) electrons. The standard InChI is InChI=1S/C25H20N2O7/c1-32-20-5-3-2-4-18(20)23(28)27-19(12-15-6-11-21-22(13-15)34-14-33-21)24(29)26-17-9-7-16(8-10-17)25(30)31/h2-11,13H,12,14H2,1H3,(H,26,29)(H,30,31). The molecule has 0 unspecified atom stereocenters. The lowest BCUT2D eigenvalue weighted by molar-refractivity contribution is -0.110. The summed E-state index contributed by atoms with van der Waals surface area (Å²) in [5, 5.41) is 11.7. The van der Waals surface area contributed by atoms with Crippen molar-refractivity contribution in [3.05, 3.63) is 83.4 Å². The number of ether oxygens (including phenoxy) is 3. The van der Waals surface area contributed by atoms with Gasteiger partial charge in [-0.15, -0.1) is 0 Å². The zero-order valence-electron chi connectivity index (χ0n) is 18.1. The van der Waals surface area contributed by atoms with Crippen LogP contribution in [0.25, 0.3) is 0 Å². The molecule has 0 bridgehead atoms. The van der Waals surface area contributed by atoms with Crippen molar-refractivity contribution < 1.29 is 33.7 Å². The number of nitrogens with zero attached hydrogens (tertiary/aromatic N) is 1. The molecule has 0 spiro atoms. The van der Waals surface area contributed by atoms with Crippen molar-refractivity contribution in [2.45, 2.75) is 6.42 Å². The second-order valence-electron chi connectivity index (χ2n) is 7.26. The second kappa shape index (κ2) is 9.86. The van der Waals surface area contributed by atoms with Crippen molar-refractivity contribution in [3.63, 3.8) is 0 Å². The van der Waals surface area contributed by atoms with Gasteiger partial charge >= 0.3 is 5.97 Å². The van der Waals surface area contributed by atoms with E-state index in [1.807, 2.05) is 0 Å². The van der Waals surface area contributed by atoms with Gasteiger partial charge in [-0.25, -0.2) is 9.79 Å². The number of para-hydroxylation sites is 1. The van der Waals surface area contributed by atoms with Gasteiger partial charge in [0.1, 0.15) is 11.5 Å². The monoisotopic (exact) mass is 460 g/mol. The zero-order valence-corrected chi connectivity index (χ0v) is 18.1. The minimum absolute atomic E-state index is 0.0383. The number of carbonyl (C=O) groups is 3. The Labute approximate surface area is 194 Å². The second-order valence-corrected chi connectivity index (χ2v) is 7.26. The van der Waals surface area contributed by atoms with E-state index in [1.165, 1.54) is 31.4 Å². The number of carbonyl (C=O) groups excluding carboxylic acids is 2. The molecule has 172 valence electrons. The van der Waals surface area contributed by atoms with Gasteiger partial charge in [0, 0.05) is 12.1 Å². The van der Waals surface area contributed by atoms with Crippen LogP contribution in [-0.4, -0.2) is 42.5 Å². The summed E-state index contributed by atoms with van der Waals surface area (Å²) in [5.41, 5.74) is 1.30. The minimum atomic E-state index is -1.08. The van der Waals surface area contributed by atoms with E-state index in [1.54, 1.807) is 42.5 Å². The van der Waals surface area contributed by atoms with Crippen LogP contribution in [0.4, 0.5) is 5.69 Å². The van der Waals surface area contributed by atoms with Crippen LogP contribution in [0.5, 0.6) is 17.2 Å². The molecule has 1 heterocycles. The number of anilines is 1. The quantitative estimate of drug-likeness (QED) is 0.517. The van der Waals surface area contributed by atoms with Crippen LogP contribution >= 0.6 is 0 Å². The third-order valence-corrected chi connectivity index (χ3v) is 5.03. The Kier molecular flexibility index (Phi) is 6.54. The molecule has 1 aliphatic heterocycles. The van der Waals surface area contributed by atoms with Crippen molar-refractivity contribution in [2.75, 3.05) is 19.2 Å². The van der Waals surface area contributed by atoms with Crippen LogP contribution in [0.2, 0.25) is 0 Å². The summed E-state index contributed by atoms with van der Waals surface area (Å²) in [7, 11) is 1.44. The maximum atomic E-state index is 13.1. The Balaban J connectivity index is 1.63. The first kappa shape index (κ1) is 22.5. The average Bonchev–Trinajstić information content (AvgIpc) is 3.31. The van der Waals surface area contributed by atoms with Crippen molar-refractivity contribution in [2.24, 2.45) is 4.99 Å². The molecule has 9 heteroatoms. The molecule has 0 aliphatic carbocycles. The fraction of sp³-hybridized carbons (Fsp3) is 0.120. The SMILES string of the molecule is COc1ccccc1C(=O)N=C(Cc1ccc2c(c1)OCO2)C(=O)Nc1ccc(C(=O)O)cc1. The number of rotatable bonds is 7. The van der Waals surface area contributed by atoms with E-state index in [0.717, 1.165) is 0 Å². The number of aromatic carboxylic acids is 1. The number of methoxy groups -OCH3 is 1. The van der Waals surface area contributed by atoms with Gasteiger partial charge in [0.2, 0.25) is 6.79 Å². The zero-order chi connectivity index (χ0) is 24.1. The van der Waals surface area contributed by atoms with E-state index in [0.29, 0.717) is 28.5 Å². The highest BCUT2D eigenvalue weighted by Gasteiger charge is 2.20. The van der Waals surface area contributed by atoms with Gasteiger partial charge in [-0.05, 0) is 54.1 Å². The lowest BCUT2D eigenvalue weighted by Gasteiger charge is -2.10. The smallest absolute Gasteiger partial charge is 0.335 e. The number of hydrogen-bond donors (Lipinski definition) is 2. The topological polar surface area (TPSA) is 124 Å². The van der Waals surface area contributed by atoms with E-state index in [9.17, 15) is 14.4 Å². The van der Waals surface area contributed by atoms with Crippen molar-refractivity contribution in [3.8, 4) is 17.2 Å². The van der Waals surface area contributed by atoms with Crippen LogP contribution in [0, 0.1) is 0 Å². The van der Waals surface area contributed by atoms with Crippen LogP contribution in [0.1, 0.15) is 26.3 Å². The molecule has 0 fully saturated rings. The molecule has 4 rings (SSSR count). The van der Waals surface area contributed by atoms with Gasteiger partial charge in [-0.2, -0.15) is 0 Å². The van der Waals surface area contributed by atoms with Gasteiger partial charge in [0.25, 0.3) is 11.8 Å². The number of carboxylic acid groups (broad SMARTS) is 1. The third-order valence-electron chi connectivity index (χ3n) is 5.03. The molecular weight excluding hydrogens is 440 g/mol. The molecule has 3 aromatic rings. The maximum Gasteiger partial charge on any atom is 0.335 e. The van der Waals surface area contributed by atoms with Gasteiger partial charge in [0.15, 0.2) is 11.5 Å². The normalized spacial score (nSPS) is 12.2. The number of carboxylic acids is 1. The first-order chi connectivity index (χ1) is 16.4. The molecule has 0 saturated heterocycles. The third kappa shape index (κ3) is 5.04. The summed E-state index contributed by atoms with van der Waals surface area (Å²) in [4.78, 5) is 41.2. The highest BCUT2D eigenvalue weighted by molar-refractivity contribution is 6.45. The van der Waals surface area contributed by atoms with Crippen LogP contribution < -0.4 is 19.5 Å². The number of nitrogens with one attached hydrogen (secondary N) is 1. The molecule has 9 nitrogen and oxygen atoms in total. The molecule has 2 N–H and O–H groups in total. The highest BCUT2D eigenvalue weighted by Crippen LogP contribution is 2.32. The van der Waals surface area contributed by atoms with Gasteiger partial charge in [-0.1, -0.05) is 18.2 Å². The van der Waals surface area contributed by atoms with Crippen molar-refractivity contribution in [1.29, 1.82) is 0 Å². The van der Waals surface area contributed by atoms with Crippen molar-refractivity contribution in [1.82, 2.24) is 0 Å². The van der Waals surface area contributed by atoms with Gasteiger partial charge < -0.3 is 24.6 Å². The van der Waals surface area contributed by atoms with E-state index in [-0.39, 0.29) is 30.1 Å². The Morgan fingerprint density at radius 3 is 2.47 bits per heavy atom. The number of hydrogen-bond acceptors (Lipinski definition) is 6. The number of aliphatic imine (C=N–C) groups is 1. The molecular formula is C25H20N2O7.